The van der Waals surface area contributed by atoms with E-state index in [0.29, 0.717) is 11.6 Å². The van der Waals surface area contributed by atoms with E-state index in [1.807, 2.05) is 37.3 Å². The molecule has 3 rings (SSSR count). The fraction of sp³-hybridized carbons (Fsp3) is 0.312. The van der Waals surface area contributed by atoms with Crippen molar-refractivity contribution in [1.29, 1.82) is 0 Å². The lowest BCUT2D eigenvalue weighted by Gasteiger charge is -2.11. The van der Waals surface area contributed by atoms with E-state index in [1.54, 1.807) is 7.11 Å². The number of benzene rings is 1. The van der Waals surface area contributed by atoms with Crippen LogP contribution in [0.25, 0.3) is 11.3 Å². The number of rotatable bonds is 4. The normalized spacial score (nSPS) is 14.3. The van der Waals surface area contributed by atoms with Crippen LogP contribution in [-0.4, -0.2) is 17.6 Å². The predicted octanol–water partition coefficient (Wildman–Crippen LogP) is 2.91. The molecule has 1 saturated carbocycles. The highest BCUT2D eigenvalue weighted by molar-refractivity contribution is 5.95. The maximum absolute atomic E-state index is 11.6. The van der Waals surface area contributed by atoms with Crippen molar-refractivity contribution in [2.24, 2.45) is 5.73 Å². The second-order valence-corrected chi connectivity index (χ2v) is 5.23. The van der Waals surface area contributed by atoms with Crippen LogP contribution >= 0.6 is 0 Å². The Kier molecular flexibility index (Phi) is 3.01. The van der Waals surface area contributed by atoms with Gasteiger partial charge in [0.2, 0.25) is 0 Å². The van der Waals surface area contributed by atoms with Crippen LogP contribution in [0.1, 0.15) is 34.9 Å². The minimum Gasteiger partial charge on any atom is -0.497 e. The fourth-order valence-corrected chi connectivity index (χ4v) is 2.68. The third-order valence-electron chi connectivity index (χ3n) is 3.83. The molecule has 104 valence electrons. The van der Waals surface area contributed by atoms with Gasteiger partial charge in [0.25, 0.3) is 5.91 Å². The molecule has 1 aromatic heterocycles. The fourth-order valence-electron chi connectivity index (χ4n) is 2.68. The summed E-state index contributed by atoms with van der Waals surface area (Å²) in [5, 5.41) is 0. The number of carbonyl (C=O) groups excluding carboxylic acids is 1. The molecule has 1 aliphatic rings. The molecule has 1 amide bonds. The Hall–Kier alpha value is -2.23. The van der Waals surface area contributed by atoms with Crippen LogP contribution in [0.15, 0.2) is 30.3 Å². The second-order valence-electron chi connectivity index (χ2n) is 5.23. The van der Waals surface area contributed by atoms with Crippen LogP contribution < -0.4 is 10.5 Å². The van der Waals surface area contributed by atoms with Crippen LogP contribution in [0, 0.1) is 6.92 Å². The van der Waals surface area contributed by atoms with Gasteiger partial charge in [0.1, 0.15) is 5.75 Å². The van der Waals surface area contributed by atoms with Crippen molar-refractivity contribution in [3.8, 4) is 17.0 Å². The van der Waals surface area contributed by atoms with Gasteiger partial charge in [-0.15, -0.1) is 0 Å². The Morgan fingerprint density at radius 1 is 1.35 bits per heavy atom. The highest BCUT2D eigenvalue weighted by atomic mass is 16.5. The van der Waals surface area contributed by atoms with Gasteiger partial charge >= 0.3 is 0 Å². The topological polar surface area (TPSA) is 57.2 Å². The maximum atomic E-state index is 11.6. The van der Waals surface area contributed by atoms with E-state index in [-0.39, 0.29) is 5.91 Å². The molecule has 0 spiro atoms. The number of hydrogen-bond donors (Lipinski definition) is 1. The van der Waals surface area contributed by atoms with Gasteiger partial charge in [0, 0.05) is 23.0 Å². The first-order valence-electron chi connectivity index (χ1n) is 6.78. The number of hydrogen-bond acceptors (Lipinski definition) is 2. The van der Waals surface area contributed by atoms with E-state index in [1.165, 1.54) is 0 Å². The molecule has 2 N–H and O–H groups in total. The Morgan fingerprint density at radius 3 is 2.70 bits per heavy atom. The van der Waals surface area contributed by atoms with Gasteiger partial charge in [0.15, 0.2) is 0 Å². The molecule has 0 saturated heterocycles. The summed E-state index contributed by atoms with van der Waals surface area (Å²) in [6.45, 7) is 1.96. The Labute approximate surface area is 118 Å². The van der Waals surface area contributed by atoms with Crippen LogP contribution in [0.3, 0.4) is 0 Å². The molecule has 2 aromatic rings. The lowest BCUT2D eigenvalue weighted by atomic mass is 10.1. The largest absolute Gasteiger partial charge is 0.497 e. The summed E-state index contributed by atoms with van der Waals surface area (Å²) in [5.41, 5.74) is 9.12. The summed E-state index contributed by atoms with van der Waals surface area (Å²) in [6, 6.07) is 10.3. The Morgan fingerprint density at radius 2 is 2.10 bits per heavy atom. The monoisotopic (exact) mass is 270 g/mol. The van der Waals surface area contributed by atoms with Crippen LogP contribution in [0.2, 0.25) is 0 Å². The van der Waals surface area contributed by atoms with E-state index in [9.17, 15) is 4.79 Å². The van der Waals surface area contributed by atoms with E-state index in [0.717, 1.165) is 35.5 Å². The number of methoxy groups -OCH3 is 1. The zero-order valence-corrected chi connectivity index (χ0v) is 11.7. The average Bonchev–Trinajstić information content (AvgIpc) is 3.22. The third-order valence-corrected chi connectivity index (χ3v) is 3.83. The number of ether oxygens (including phenoxy) is 1. The smallest absolute Gasteiger partial charge is 0.250 e. The summed E-state index contributed by atoms with van der Waals surface area (Å²) in [6.07, 6.45) is 2.31. The molecule has 1 aliphatic carbocycles. The molecule has 0 radical (unpaired) electrons. The summed E-state index contributed by atoms with van der Waals surface area (Å²) in [5.74, 6) is 0.440. The molecular weight excluding hydrogens is 252 g/mol. The zero-order valence-electron chi connectivity index (χ0n) is 11.7. The van der Waals surface area contributed by atoms with Crippen LogP contribution in [0.5, 0.6) is 5.75 Å². The minimum absolute atomic E-state index is 0.369. The van der Waals surface area contributed by atoms with E-state index < -0.39 is 0 Å². The first-order valence-corrected chi connectivity index (χ1v) is 6.78. The van der Waals surface area contributed by atoms with Crippen molar-refractivity contribution in [1.82, 2.24) is 4.57 Å². The molecular formula is C16H18N2O2. The summed E-state index contributed by atoms with van der Waals surface area (Å²) < 4.78 is 7.51. The highest BCUT2D eigenvalue weighted by Gasteiger charge is 2.29. The van der Waals surface area contributed by atoms with Gasteiger partial charge < -0.3 is 15.0 Å². The van der Waals surface area contributed by atoms with Gasteiger partial charge in [-0.3, -0.25) is 4.79 Å². The molecule has 0 atom stereocenters. The van der Waals surface area contributed by atoms with Crippen molar-refractivity contribution in [3.63, 3.8) is 0 Å². The summed E-state index contributed by atoms with van der Waals surface area (Å²) in [7, 11) is 1.65. The third kappa shape index (κ3) is 2.07. The van der Waals surface area contributed by atoms with Gasteiger partial charge in [-0.1, -0.05) is 12.1 Å². The molecule has 1 heterocycles. The standard InChI is InChI=1S/C16H18N2O2/c1-10-14(16(17)19)9-15(18(10)12-6-7-12)11-4-3-5-13(8-11)20-2/h3-5,8-9,12H,6-7H2,1-2H3,(H2,17,19). The van der Waals surface area contributed by atoms with Crippen molar-refractivity contribution in [3.05, 3.63) is 41.6 Å². The van der Waals surface area contributed by atoms with Gasteiger partial charge in [-0.05, 0) is 38.0 Å². The number of nitrogens with zero attached hydrogens (tertiary/aromatic N) is 1. The SMILES string of the molecule is COc1cccc(-c2cc(C(N)=O)c(C)n2C2CC2)c1. The number of aromatic nitrogens is 1. The molecule has 0 bridgehead atoms. The quantitative estimate of drug-likeness (QED) is 0.928. The number of nitrogens with two attached hydrogens (primary N) is 1. The maximum Gasteiger partial charge on any atom is 0.250 e. The van der Waals surface area contributed by atoms with Crippen LogP contribution in [0.4, 0.5) is 0 Å². The molecule has 0 unspecified atom stereocenters. The van der Waals surface area contributed by atoms with Crippen molar-refractivity contribution >= 4 is 5.91 Å². The lowest BCUT2D eigenvalue weighted by Crippen LogP contribution is -2.12. The van der Waals surface area contributed by atoms with Gasteiger partial charge in [-0.25, -0.2) is 0 Å². The lowest BCUT2D eigenvalue weighted by molar-refractivity contribution is 0.0999. The molecule has 4 heteroatoms. The van der Waals surface area contributed by atoms with Crippen molar-refractivity contribution in [2.45, 2.75) is 25.8 Å². The molecule has 1 aromatic carbocycles. The highest BCUT2D eigenvalue weighted by Crippen LogP contribution is 2.41. The molecule has 20 heavy (non-hydrogen) atoms. The Balaban J connectivity index is 2.16. The minimum atomic E-state index is -0.369. The van der Waals surface area contributed by atoms with E-state index in [2.05, 4.69) is 4.57 Å². The number of carbonyl (C=O) groups is 1. The van der Waals surface area contributed by atoms with Gasteiger partial charge in [-0.2, -0.15) is 0 Å². The predicted molar refractivity (Wildman–Crippen MR) is 77.9 cm³/mol. The second kappa shape index (κ2) is 4.71. The average molecular weight is 270 g/mol. The number of primary amides is 1. The zero-order chi connectivity index (χ0) is 14.3. The van der Waals surface area contributed by atoms with Crippen molar-refractivity contribution < 1.29 is 9.53 Å². The first kappa shape index (κ1) is 12.8. The molecule has 0 aliphatic heterocycles. The summed E-state index contributed by atoms with van der Waals surface area (Å²) >= 11 is 0. The van der Waals surface area contributed by atoms with Gasteiger partial charge in [0.05, 0.1) is 12.7 Å². The van der Waals surface area contributed by atoms with E-state index in [4.69, 9.17) is 10.5 Å². The summed E-state index contributed by atoms with van der Waals surface area (Å²) in [4.78, 5) is 11.6. The van der Waals surface area contributed by atoms with Crippen LogP contribution in [-0.2, 0) is 0 Å². The number of amides is 1. The van der Waals surface area contributed by atoms with Crippen molar-refractivity contribution in [2.75, 3.05) is 7.11 Å². The molecule has 1 fully saturated rings. The molecule has 4 nitrogen and oxygen atoms in total. The first-order chi connectivity index (χ1) is 9.61. The van der Waals surface area contributed by atoms with E-state index >= 15 is 0 Å². The Bertz CT molecular complexity index is 669.